The van der Waals surface area contributed by atoms with Crippen LogP contribution < -0.4 is 4.74 Å². The summed E-state index contributed by atoms with van der Waals surface area (Å²) in [5.41, 5.74) is 0.570. The van der Waals surface area contributed by atoms with E-state index < -0.39 is 21.2 Å². The van der Waals surface area contributed by atoms with E-state index in [0.29, 0.717) is 26.4 Å². The van der Waals surface area contributed by atoms with Crippen LogP contribution in [0.5, 0.6) is 5.75 Å². The number of sulfone groups is 1. The summed E-state index contributed by atoms with van der Waals surface area (Å²) in [7, 11) is -3.45. The highest BCUT2D eigenvalue weighted by atomic mass is 35.5. The van der Waals surface area contributed by atoms with Crippen molar-refractivity contribution in [1.29, 1.82) is 0 Å². The number of nitrogens with zero attached hydrogens (tertiary/aromatic N) is 1. The number of ether oxygens (including phenoxy) is 1. The number of carbonyl (C=O) groups excluding carboxylic acids is 1. The summed E-state index contributed by atoms with van der Waals surface area (Å²) < 4.78 is 31.3. The van der Waals surface area contributed by atoms with Crippen LogP contribution in [-0.2, 0) is 14.6 Å². The van der Waals surface area contributed by atoms with Gasteiger partial charge in [0.15, 0.2) is 15.9 Å². The monoisotopic (exact) mass is 475 g/mol. The maximum Gasteiger partial charge on any atom is 0.263 e. The van der Waals surface area contributed by atoms with Crippen LogP contribution in [-0.4, -0.2) is 44.2 Å². The largest absolute Gasteiger partial charge is 0.479 e. The molecule has 2 aromatic carbocycles. The Hall–Kier alpha value is -1.47. The van der Waals surface area contributed by atoms with Crippen LogP contribution in [0.1, 0.15) is 24.2 Å². The molecule has 1 aliphatic rings. The molecule has 9 heteroatoms. The van der Waals surface area contributed by atoms with Crippen LogP contribution in [0.2, 0.25) is 15.1 Å². The Morgan fingerprint density at radius 3 is 2.52 bits per heavy atom. The molecule has 1 fully saturated rings. The molecule has 0 aromatic heterocycles. The fraction of sp³-hybridized carbons (Fsp3) is 0.350. The topological polar surface area (TPSA) is 63.7 Å². The molecule has 1 aliphatic heterocycles. The van der Waals surface area contributed by atoms with Gasteiger partial charge in [-0.15, -0.1) is 0 Å². The smallest absolute Gasteiger partial charge is 0.263 e. The fourth-order valence-corrected chi connectivity index (χ4v) is 5.92. The molecule has 0 aliphatic carbocycles. The molecule has 2 unspecified atom stereocenters. The number of amides is 1. The molecule has 0 bridgehead atoms. The molecule has 0 spiro atoms. The summed E-state index contributed by atoms with van der Waals surface area (Å²) in [6.07, 6.45) is -0.556. The number of benzene rings is 2. The van der Waals surface area contributed by atoms with E-state index in [-0.39, 0.29) is 31.2 Å². The molecule has 2 aromatic rings. The van der Waals surface area contributed by atoms with E-state index in [1.54, 1.807) is 43.3 Å². The van der Waals surface area contributed by atoms with Crippen molar-refractivity contribution in [2.45, 2.75) is 24.7 Å². The van der Waals surface area contributed by atoms with Gasteiger partial charge in [-0.3, -0.25) is 4.79 Å². The third-order valence-electron chi connectivity index (χ3n) is 4.85. The number of rotatable bonds is 4. The average Bonchev–Trinajstić information content (AvgIpc) is 2.82. The zero-order chi connectivity index (χ0) is 21.2. The SMILES string of the molecule is CC(Oc1ccc(Cl)cc1Cl)C(=O)N1CCC(c2ccccc2Cl)S(=O)(=O)CC1. The van der Waals surface area contributed by atoms with Crippen molar-refractivity contribution in [3.8, 4) is 5.75 Å². The summed E-state index contributed by atoms with van der Waals surface area (Å²) in [5, 5.41) is 0.435. The van der Waals surface area contributed by atoms with Crippen molar-refractivity contribution < 1.29 is 17.9 Å². The number of hydrogen-bond donors (Lipinski definition) is 0. The molecule has 0 radical (unpaired) electrons. The van der Waals surface area contributed by atoms with Gasteiger partial charge in [0, 0.05) is 23.1 Å². The molecular formula is C20H20Cl3NO4S. The zero-order valence-corrected chi connectivity index (χ0v) is 18.7. The second-order valence-corrected chi connectivity index (χ2v) is 10.4. The number of halogens is 3. The summed E-state index contributed by atoms with van der Waals surface area (Å²) in [5.74, 6) is -0.0948. The van der Waals surface area contributed by atoms with E-state index in [2.05, 4.69) is 0 Å². The second kappa shape index (κ2) is 9.13. The van der Waals surface area contributed by atoms with E-state index in [9.17, 15) is 13.2 Å². The van der Waals surface area contributed by atoms with Gasteiger partial charge >= 0.3 is 0 Å². The second-order valence-electron chi connectivity index (χ2n) is 6.83. The molecular weight excluding hydrogens is 457 g/mol. The van der Waals surface area contributed by atoms with Crippen molar-refractivity contribution in [3.05, 3.63) is 63.1 Å². The van der Waals surface area contributed by atoms with E-state index in [1.807, 2.05) is 0 Å². The van der Waals surface area contributed by atoms with Crippen molar-refractivity contribution in [1.82, 2.24) is 4.90 Å². The minimum atomic E-state index is -3.45. The normalized spacial score (nSPS) is 20.0. The number of carbonyl (C=O) groups is 1. The van der Waals surface area contributed by atoms with Crippen molar-refractivity contribution in [2.75, 3.05) is 18.8 Å². The Balaban J connectivity index is 1.73. The minimum Gasteiger partial charge on any atom is -0.479 e. The van der Waals surface area contributed by atoms with Crippen molar-refractivity contribution in [3.63, 3.8) is 0 Å². The first kappa shape index (κ1) is 22.2. The van der Waals surface area contributed by atoms with E-state index >= 15 is 0 Å². The Morgan fingerprint density at radius 1 is 1.10 bits per heavy atom. The Morgan fingerprint density at radius 2 is 1.83 bits per heavy atom. The first-order valence-corrected chi connectivity index (χ1v) is 11.9. The maximum absolute atomic E-state index is 12.9. The van der Waals surface area contributed by atoms with Gasteiger partial charge in [0.2, 0.25) is 0 Å². The van der Waals surface area contributed by atoms with E-state index in [4.69, 9.17) is 39.5 Å². The Kier molecular flexibility index (Phi) is 6.99. The first-order chi connectivity index (χ1) is 13.7. The van der Waals surface area contributed by atoms with Crippen LogP contribution in [0.3, 0.4) is 0 Å². The van der Waals surface area contributed by atoms with Gasteiger partial charge in [-0.25, -0.2) is 8.42 Å². The van der Waals surface area contributed by atoms with Gasteiger partial charge < -0.3 is 9.64 Å². The summed E-state index contributed by atoms with van der Waals surface area (Å²) in [4.78, 5) is 14.4. The number of hydrogen-bond acceptors (Lipinski definition) is 4. The summed E-state index contributed by atoms with van der Waals surface area (Å²) >= 11 is 18.2. The molecule has 0 N–H and O–H groups in total. The molecule has 1 saturated heterocycles. The molecule has 3 rings (SSSR count). The standard InChI is InChI=1S/C20H20Cl3NO4S/c1-13(28-18-7-6-14(21)12-17(18)23)20(25)24-9-8-19(29(26,27)11-10-24)15-4-2-3-5-16(15)22/h2-7,12-13,19H,8-11H2,1H3. The molecule has 29 heavy (non-hydrogen) atoms. The molecule has 5 nitrogen and oxygen atoms in total. The highest BCUT2D eigenvalue weighted by Gasteiger charge is 2.35. The van der Waals surface area contributed by atoms with Crippen LogP contribution in [0.15, 0.2) is 42.5 Å². The van der Waals surface area contributed by atoms with Crippen LogP contribution in [0, 0.1) is 0 Å². The van der Waals surface area contributed by atoms with Gasteiger partial charge in [-0.2, -0.15) is 0 Å². The predicted molar refractivity (Wildman–Crippen MR) is 116 cm³/mol. The summed E-state index contributed by atoms with van der Waals surface area (Å²) in [6.45, 7) is 2.00. The molecule has 0 saturated carbocycles. The highest BCUT2D eigenvalue weighted by Crippen LogP contribution is 2.34. The molecule has 156 valence electrons. The Labute approximate surface area is 185 Å². The predicted octanol–water partition coefficient (Wildman–Crippen LogP) is 4.80. The lowest BCUT2D eigenvalue weighted by molar-refractivity contribution is -0.137. The van der Waals surface area contributed by atoms with Gasteiger partial charge in [0.25, 0.3) is 5.91 Å². The van der Waals surface area contributed by atoms with Gasteiger partial charge in [0.05, 0.1) is 16.0 Å². The van der Waals surface area contributed by atoms with Gasteiger partial charge in [-0.1, -0.05) is 53.0 Å². The average molecular weight is 477 g/mol. The van der Waals surface area contributed by atoms with E-state index in [0.717, 1.165) is 0 Å². The van der Waals surface area contributed by atoms with Crippen LogP contribution >= 0.6 is 34.8 Å². The van der Waals surface area contributed by atoms with Crippen molar-refractivity contribution >= 4 is 50.5 Å². The Bertz CT molecular complexity index is 1010. The lowest BCUT2D eigenvalue weighted by atomic mass is 10.1. The summed E-state index contributed by atoms with van der Waals surface area (Å²) in [6, 6.07) is 11.6. The van der Waals surface area contributed by atoms with Crippen LogP contribution in [0.25, 0.3) is 0 Å². The van der Waals surface area contributed by atoms with Gasteiger partial charge in [0.1, 0.15) is 5.75 Å². The first-order valence-electron chi connectivity index (χ1n) is 9.05. The van der Waals surface area contributed by atoms with E-state index in [1.165, 1.54) is 11.0 Å². The third kappa shape index (κ3) is 5.18. The van der Waals surface area contributed by atoms with Crippen LogP contribution in [0.4, 0.5) is 0 Å². The lowest BCUT2D eigenvalue weighted by Gasteiger charge is -2.24. The molecule has 2 atom stereocenters. The quantitative estimate of drug-likeness (QED) is 0.636. The molecule has 1 heterocycles. The lowest BCUT2D eigenvalue weighted by Crippen LogP contribution is -2.42. The van der Waals surface area contributed by atoms with Gasteiger partial charge in [-0.05, 0) is 43.2 Å². The third-order valence-corrected chi connectivity index (χ3v) is 7.83. The zero-order valence-electron chi connectivity index (χ0n) is 15.6. The van der Waals surface area contributed by atoms with Crippen molar-refractivity contribution in [2.24, 2.45) is 0 Å². The minimum absolute atomic E-state index is 0.101. The molecule has 1 amide bonds. The maximum atomic E-state index is 12.9. The highest BCUT2D eigenvalue weighted by molar-refractivity contribution is 7.91. The fourth-order valence-electron chi connectivity index (χ4n) is 3.32.